The number of amides is 1. The molecule has 19 heavy (non-hydrogen) atoms. The molecule has 1 aromatic carbocycles. The standard InChI is InChI=1S/C13H14N4OS/c1-8-3-5-10(6-4-8)7-15-17-12(18)11-9(2)16-13(14)19-11/h3-7H,1-2H3,(H2,14,16)(H,17,18)/b15-7-. The van der Waals surface area contributed by atoms with Crippen LogP contribution in [0.25, 0.3) is 0 Å². The van der Waals surface area contributed by atoms with E-state index in [2.05, 4.69) is 15.5 Å². The van der Waals surface area contributed by atoms with Gasteiger partial charge in [0.1, 0.15) is 4.88 Å². The lowest BCUT2D eigenvalue weighted by Gasteiger charge is -1.97. The van der Waals surface area contributed by atoms with Crippen molar-refractivity contribution < 1.29 is 4.79 Å². The molecule has 2 rings (SSSR count). The average molecular weight is 274 g/mol. The highest BCUT2D eigenvalue weighted by atomic mass is 32.1. The van der Waals surface area contributed by atoms with Crippen LogP contribution in [0.2, 0.25) is 0 Å². The van der Waals surface area contributed by atoms with Crippen molar-refractivity contribution in [3.05, 3.63) is 46.0 Å². The SMILES string of the molecule is Cc1ccc(/C=N\NC(=O)c2sc(N)nc2C)cc1. The monoisotopic (exact) mass is 274 g/mol. The van der Waals surface area contributed by atoms with E-state index in [0.717, 1.165) is 16.9 Å². The van der Waals surface area contributed by atoms with Crippen LogP contribution < -0.4 is 11.2 Å². The quantitative estimate of drug-likeness (QED) is 0.664. The zero-order valence-electron chi connectivity index (χ0n) is 10.7. The highest BCUT2D eigenvalue weighted by Crippen LogP contribution is 2.19. The first-order chi connectivity index (χ1) is 9.06. The lowest BCUT2D eigenvalue weighted by Crippen LogP contribution is -2.17. The first-order valence-electron chi connectivity index (χ1n) is 5.69. The fourth-order valence-corrected chi connectivity index (χ4v) is 2.22. The topological polar surface area (TPSA) is 80.4 Å². The van der Waals surface area contributed by atoms with Crippen LogP contribution in [0.3, 0.4) is 0 Å². The van der Waals surface area contributed by atoms with Gasteiger partial charge < -0.3 is 5.73 Å². The Morgan fingerprint density at radius 2 is 2.05 bits per heavy atom. The molecule has 1 aromatic heterocycles. The predicted molar refractivity (Wildman–Crippen MR) is 77.5 cm³/mol. The number of anilines is 1. The second kappa shape index (κ2) is 5.62. The molecule has 2 aromatic rings. The molecule has 0 unspecified atom stereocenters. The zero-order chi connectivity index (χ0) is 13.8. The number of carbonyl (C=O) groups is 1. The lowest BCUT2D eigenvalue weighted by molar-refractivity contribution is 0.0958. The maximum absolute atomic E-state index is 11.8. The van der Waals surface area contributed by atoms with Gasteiger partial charge in [0.25, 0.3) is 5.91 Å². The van der Waals surface area contributed by atoms with Crippen molar-refractivity contribution in [3.8, 4) is 0 Å². The molecular weight excluding hydrogens is 260 g/mol. The van der Waals surface area contributed by atoms with Gasteiger partial charge in [-0.2, -0.15) is 5.10 Å². The minimum atomic E-state index is -0.296. The van der Waals surface area contributed by atoms with E-state index < -0.39 is 0 Å². The second-order valence-electron chi connectivity index (χ2n) is 4.08. The number of hydrogen-bond acceptors (Lipinski definition) is 5. The van der Waals surface area contributed by atoms with Crippen molar-refractivity contribution in [1.29, 1.82) is 0 Å². The first-order valence-corrected chi connectivity index (χ1v) is 6.51. The molecule has 0 aliphatic carbocycles. The van der Waals surface area contributed by atoms with E-state index in [1.54, 1.807) is 13.1 Å². The highest BCUT2D eigenvalue weighted by Gasteiger charge is 2.12. The van der Waals surface area contributed by atoms with Crippen LogP contribution in [-0.4, -0.2) is 17.1 Å². The molecule has 3 N–H and O–H groups in total. The Bertz CT molecular complexity index is 616. The molecule has 0 saturated carbocycles. The highest BCUT2D eigenvalue weighted by molar-refractivity contribution is 7.17. The van der Waals surface area contributed by atoms with E-state index >= 15 is 0 Å². The summed E-state index contributed by atoms with van der Waals surface area (Å²) in [6.45, 7) is 3.76. The van der Waals surface area contributed by atoms with E-state index in [4.69, 9.17) is 5.73 Å². The van der Waals surface area contributed by atoms with Crippen LogP contribution in [0, 0.1) is 13.8 Å². The van der Waals surface area contributed by atoms with Crippen LogP contribution in [0.4, 0.5) is 5.13 Å². The van der Waals surface area contributed by atoms with Gasteiger partial charge in [-0.25, -0.2) is 10.4 Å². The first kappa shape index (κ1) is 13.2. The predicted octanol–water partition coefficient (Wildman–Crippen LogP) is 2.11. The molecule has 0 atom stereocenters. The summed E-state index contributed by atoms with van der Waals surface area (Å²) >= 11 is 1.15. The molecule has 1 heterocycles. The van der Waals surface area contributed by atoms with Gasteiger partial charge in [-0.05, 0) is 19.4 Å². The Morgan fingerprint density at radius 3 is 2.63 bits per heavy atom. The van der Waals surface area contributed by atoms with E-state index in [1.165, 1.54) is 5.56 Å². The van der Waals surface area contributed by atoms with Gasteiger partial charge in [0, 0.05) is 0 Å². The molecule has 0 aliphatic heterocycles. The second-order valence-corrected chi connectivity index (χ2v) is 5.11. The van der Waals surface area contributed by atoms with Crippen molar-refractivity contribution in [1.82, 2.24) is 10.4 Å². The Hall–Kier alpha value is -2.21. The van der Waals surface area contributed by atoms with Gasteiger partial charge in [-0.3, -0.25) is 4.79 Å². The number of carbonyl (C=O) groups excluding carboxylic acids is 1. The van der Waals surface area contributed by atoms with Gasteiger partial charge in [-0.15, -0.1) is 0 Å². The fraction of sp³-hybridized carbons (Fsp3) is 0.154. The van der Waals surface area contributed by atoms with Crippen LogP contribution in [0.15, 0.2) is 29.4 Å². The Balaban J connectivity index is 2.00. The van der Waals surface area contributed by atoms with E-state index in [1.807, 2.05) is 31.2 Å². The molecule has 5 nitrogen and oxygen atoms in total. The maximum atomic E-state index is 11.8. The molecule has 6 heteroatoms. The number of nitrogen functional groups attached to an aromatic ring is 1. The number of aryl methyl sites for hydroxylation is 2. The number of nitrogens with one attached hydrogen (secondary N) is 1. The molecule has 0 radical (unpaired) electrons. The van der Waals surface area contributed by atoms with Gasteiger partial charge in [0.15, 0.2) is 5.13 Å². The summed E-state index contributed by atoms with van der Waals surface area (Å²) in [5.41, 5.74) is 10.7. The number of nitrogens with zero attached hydrogens (tertiary/aromatic N) is 2. The summed E-state index contributed by atoms with van der Waals surface area (Å²) < 4.78 is 0. The molecule has 0 saturated heterocycles. The van der Waals surface area contributed by atoms with Crippen molar-refractivity contribution in [2.75, 3.05) is 5.73 Å². The minimum Gasteiger partial charge on any atom is -0.375 e. The summed E-state index contributed by atoms with van der Waals surface area (Å²) in [6, 6.07) is 7.83. The largest absolute Gasteiger partial charge is 0.375 e. The third kappa shape index (κ3) is 3.38. The van der Waals surface area contributed by atoms with Crippen molar-refractivity contribution >= 4 is 28.6 Å². The van der Waals surface area contributed by atoms with Crippen LogP contribution in [0.1, 0.15) is 26.5 Å². The van der Waals surface area contributed by atoms with E-state index in [-0.39, 0.29) is 5.91 Å². The third-order valence-corrected chi connectivity index (χ3v) is 3.46. The van der Waals surface area contributed by atoms with Crippen LogP contribution >= 0.6 is 11.3 Å². The lowest BCUT2D eigenvalue weighted by atomic mass is 10.2. The molecule has 0 aliphatic rings. The van der Waals surface area contributed by atoms with Crippen molar-refractivity contribution in [3.63, 3.8) is 0 Å². The number of hydrazone groups is 1. The van der Waals surface area contributed by atoms with Crippen LogP contribution in [0.5, 0.6) is 0 Å². The Morgan fingerprint density at radius 1 is 1.37 bits per heavy atom. The average Bonchev–Trinajstić information content (AvgIpc) is 2.71. The molecular formula is C13H14N4OS. The molecule has 1 amide bonds. The summed E-state index contributed by atoms with van der Waals surface area (Å²) in [5.74, 6) is -0.296. The Kier molecular flexibility index (Phi) is 3.91. The summed E-state index contributed by atoms with van der Waals surface area (Å²) in [7, 11) is 0. The zero-order valence-corrected chi connectivity index (χ0v) is 11.5. The van der Waals surface area contributed by atoms with Gasteiger partial charge in [0.2, 0.25) is 0 Å². The number of nitrogens with two attached hydrogens (primary N) is 1. The minimum absolute atomic E-state index is 0.296. The number of rotatable bonds is 3. The van der Waals surface area contributed by atoms with Gasteiger partial charge in [-0.1, -0.05) is 41.2 Å². The van der Waals surface area contributed by atoms with Crippen molar-refractivity contribution in [2.45, 2.75) is 13.8 Å². The Labute approximate surface area is 115 Å². The third-order valence-electron chi connectivity index (χ3n) is 2.48. The number of aromatic nitrogens is 1. The summed E-state index contributed by atoms with van der Waals surface area (Å²) in [5, 5.41) is 4.29. The molecule has 0 spiro atoms. The summed E-state index contributed by atoms with van der Waals surface area (Å²) in [6.07, 6.45) is 1.59. The number of hydrogen-bond donors (Lipinski definition) is 2. The normalized spacial score (nSPS) is 10.8. The van der Waals surface area contributed by atoms with Crippen molar-refractivity contribution in [2.24, 2.45) is 5.10 Å². The number of benzene rings is 1. The molecule has 98 valence electrons. The van der Waals surface area contributed by atoms with Gasteiger partial charge in [0.05, 0.1) is 11.9 Å². The number of thiazole rings is 1. The summed E-state index contributed by atoms with van der Waals surface area (Å²) in [4.78, 5) is 16.3. The smallest absolute Gasteiger partial charge is 0.283 e. The van der Waals surface area contributed by atoms with Gasteiger partial charge >= 0.3 is 0 Å². The van der Waals surface area contributed by atoms with E-state index in [0.29, 0.717) is 15.7 Å². The van der Waals surface area contributed by atoms with E-state index in [9.17, 15) is 4.79 Å². The maximum Gasteiger partial charge on any atom is 0.283 e. The molecule has 0 bridgehead atoms. The van der Waals surface area contributed by atoms with Crippen LogP contribution in [-0.2, 0) is 0 Å². The fourth-order valence-electron chi connectivity index (χ4n) is 1.50. The molecule has 0 fully saturated rings.